The molecule has 2 unspecified atom stereocenters. The van der Waals surface area contributed by atoms with Crippen LogP contribution in [0, 0.1) is 0 Å². The van der Waals surface area contributed by atoms with Gasteiger partial charge in [-0.25, -0.2) is 0 Å². The summed E-state index contributed by atoms with van der Waals surface area (Å²) in [5.74, 6) is -0.683. The molecule has 0 spiro atoms. The Kier molecular flexibility index (Phi) is 7.01. The number of halogens is 1. The molecule has 2 atom stereocenters. The first-order valence-corrected chi connectivity index (χ1v) is 9.84. The van der Waals surface area contributed by atoms with E-state index < -0.39 is 5.97 Å². The third-order valence-corrected chi connectivity index (χ3v) is 5.55. The summed E-state index contributed by atoms with van der Waals surface area (Å²) in [7, 11) is 0. The summed E-state index contributed by atoms with van der Waals surface area (Å²) in [5, 5.41) is 9.08. The average Bonchev–Trinajstić information content (AvgIpc) is 2.42. The predicted molar refractivity (Wildman–Crippen MR) is 77.1 cm³/mol. The number of carbonyl (C=O) groups is 1. The molecule has 0 aliphatic heterocycles. The number of aliphatic carboxylic acids is 1. The fraction of sp³-hybridized carbons (Fsp3) is 0.400. The van der Waals surface area contributed by atoms with Crippen molar-refractivity contribution in [3.05, 3.63) is 47.2 Å². The molecule has 20 heavy (non-hydrogen) atoms. The van der Waals surface area contributed by atoms with Gasteiger partial charge in [-0.05, 0) is 0 Å². The second-order valence-electron chi connectivity index (χ2n) is 4.74. The van der Waals surface area contributed by atoms with E-state index in [1.807, 2.05) is 42.2 Å². The zero-order valence-corrected chi connectivity index (χ0v) is 14.0. The van der Waals surface area contributed by atoms with E-state index in [1.54, 1.807) is 0 Å². The van der Waals surface area contributed by atoms with Crippen LogP contribution in [-0.2, 0) is 17.6 Å². The van der Waals surface area contributed by atoms with Crippen LogP contribution >= 0.6 is 0 Å². The Hall–Kier alpha value is -1.08. The first-order chi connectivity index (χ1) is 9.43. The van der Waals surface area contributed by atoms with E-state index in [9.17, 15) is 4.79 Å². The number of rotatable bonds is 7. The van der Waals surface area contributed by atoms with Crippen molar-refractivity contribution in [2.75, 3.05) is 4.93 Å². The van der Waals surface area contributed by atoms with Crippen molar-refractivity contribution in [3.8, 4) is 0 Å². The quantitative estimate of drug-likeness (QED) is 0.377. The Balaban J connectivity index is 2.65. The SMILES string of the molecule is C[I-]C(Cc1ccc(C/C=C(\N)C(C)N)cc1)C(=O)O. The minimum absolute atomic E-state index is 0.126. The zero-order chi connectivity index (χ0) is 15.1. The van der Waals surface area contributed by atoms with Crippen molar-refractivity contribution >= 4 is 5.97 Å². The second-order valence-corrected chi connectivity index (χ2v) is 7.49. The molecule has 0 radical (unpaired) electrons. The van der Waals surface area contributed by atoms with Gasteiger partial charge in [-0.3, -0.25) is 0 Å². The van der Waals surface area contributed by atoms with Gasteiger partial charge in [-0.15, -0.1) is 0 Å². The first-order valence-electron chi connectivity index (χ1n) is 6.43. The van der Waals surface area contributed by atoms with Crippen molar-refractivity contribution in [2.45, 2.75) is 29.7 Å². The van der Waals surface area contributed by atoms with Gasteiger partial charge in [0.1, 0.15) is 0 Å². The summed E-state index contributed by atoms with van der Waals surface area (Å²) in [5.41, 5.74) is 14.4. The van der Waals surface area contributed by atoms with Crippen LogP contribution in [0.15, 0.2) is 36.0 Å². The standard InChI is InChI=1S/C15H22IN2O2/c1-10(17)14(18)8-7-11-3-5-12(6-4-11)9-13(16-2)15(19)20/h3-6,8,10,13H,7,9,17-18H2,1-2H3,(H,19,20)/q-1/b14-8-. The van der Waals surface area contributed by atoms with E-state index in [1.165, 1.54) is 0 Å². The Labute approximate surface area is 130 Å². The minimum atomic E-state index is -0.683. The molecule has 1 aromatic rings. The molecule has 5 N–H and O–H groups in total. The first kappa shape index (κ1) is 17.0. The molecule has 0 fully saturated rings. The third-order valence-electron chi connectivity index (χ3n) is 3.07. The Morgan fingerprint density at radius 1 is 1.35 bits per heavy atom. The summed E-state index contributed by atoms with van der Waals surface area (Å²) in [4.78, 5) is 13.0. The summed E-state index contributed by atoms with van der Waals surface area (Å²) in [6.07, 6.45) is 3.30. The molecule has 0 aromatic heterocycles. The average molecular weight is 389 g/mol. The molecular formula is C15H22IN2O2-. The number of nitrogens with two attached hydrogens (primary N) is 2. The molecule has 0 bridgehead atoms. The van der Waals surface area contributed by atoms with Gasteiger partial charge >= 0.3 is 130 Å². The van der Waals surface area contributed by atoms with E-state index >= 15 is 0 Å². The fourth-order valence-electron chi connectivity index (χ4n) is 1.70. The van der Waals surface area contributed by atoms with Gasteiger partial charge in [0.2, 0.25) is 0 Å². The van der Waals surface area contributed by atoms with Gasteiger partial charge in [-0.2, -0.15) is 0 Å². The van der Waals surface area contributed by atoms with Crippen molar-refractivity contribution in [1.29, 1.82) is 0 Å². The number of carboxylic acids is 1. The summed E-state index contributed by atoms with van der Waals surface area (Å²) >= 11 is -0.295. The number of carboxylic acid groups (broad SMARTS) is 1. The number of benzene rings is 1. The van der Waals surface area contributed by atoms with Crippen LogP contribution in [0.2, 0.25) is 0 Å². The molecular weight excluding hydrogens is 367 g/mol. The molecule has 1 rings (SSSR count). The van der Waals surface area contributed by atoms with E-state index in [2.05, 4.69) is 0 Å². The van der Waals surface area contributed by atoms with Crippen LogP contribution < -0.4 is 32.7 Å². The maximum absolute atomic E-state index is 11.0. The van der Waals surface area contributed by atoms with Crippen LogP contribution in [0.5, 0.6) is 0 Å². The summed E-state index contributed by atoms with van der Waals surface area (Å²) in [6.45, 7) is 1.86. The monoisotopic (exact) mass is 389 g/mol. The molecule has 0 saturated carbocycles. The van der Waals surface area contributed by atoms with E-state index in [0.717, 1.165) is 17.5 Å². The topological polar surface area (TPSA) is 89.3 Å². The van der Waals surface area contributed by atoms with Gasteiger partial charge in [0.25, 0.3) is 0 Å². The number of hydrogen-bond donors (Lipinski definition) is 3. The molecule has 1 aromatic carbocycles. The molecule has 4 nitrogen and oxygen atoms in total. The van der Waals surface area contributed by atoms with E-state index in [0.29, 0.717) is 12.1 Å². The van der Waals surface area contributed by atoms with Gasteiger partial charge in [0, 0.05) is 0 Å². The Morgan fingerprint density at radius 2 is 1.90 bits per heavy atom. The number of alkyl halides is 2. The molecule has 0 amide bonds. The van der Waals surface area contributed by atoms with E-state index in [4.69, 9.17) is 16.6 Å². The maximum atomic E-state index is 11.0. The van der Waals surface area contributed by atoms with Gasteiger partial charge in [-0.1, -0.05) is 0 Å². The zero-order valence-electron chi connectivity index (χ0n) is 11.8. The van der Waals surface area contributed by atoms with Crippen LogP contribution in [0.3, 0.4) is 0 Å². The van der Waals surface area contributed by atoms with Crippen LogP contribution in [0.1, 0.15) is 18.1 Å². The van der Waals surface area contributed by atoms with Crippen LogP contribution in [0.25, 0.3) is 0 Å². The molecule has 0 saturated heterocycles. The van der Waals surface area contributed by atoms with Crippen molar-refractivity contribution in [3.63, 3.8) is 0 Å². The van der Waals surface area contributed by atoms with Crippen molar-refractivity contribution in [1.82, 2.24) is 0 Å². The molecule has 0 heterocycles. The molecule has 0 aliphatic carbocycles. The Bertz CT molecular complexity index is 469. The molecule has 112 valence electrons. The fourth-order valence-corrected chi connectivity index (χ4v) is 3.18. The molecule has 0 aliphatic rings. The van der Waals surface area contributed by atoms with E-state index in [-0.39, 0.29) is 31.2 Å². The van der Waals surface area contributed by atoms with Gasteiger partial charge < -0.3 is 0 Å². The van der Waals surface area contributed by atoms with Crippen molar-refractivity contribution < 1.29 is 31.1 Å². The normalized spacial score (nSPS) is 15.1. The van der Waals surface area contributed by atoms with Gasteiger partial charge in [0.05, 0.1) is 0 Å². The summed E-state index contributed by atoms with van der Waals surface area (Å²) < 4.78 is -0.201. The van der Waals surface area contributed by atoms with Gasteiger partial charge in [0.15, 0.2) is 0 Å². The summed E-state index contributed by atoms with van der Waals surface area (Å²) in [6, 6.07) is 7.92. The van der Waals surface area contributed by atoms with Crippen LogP contribution in [0.4, 0.5) is 0 Å². The number of allylic oxidation sites excluding steroid dienone is 1. The molecule has 5 heteroatoms. The second kappa shape index (κ2) is 8.26. The van der Waals surface area contributed by atoms with Crippen LogP contribution in [-0.4, -0.2) is 26.0 Å². The number of hydrogen-bond acceptors (Lipinski definition) is 3. The third kappa shape index (κ3) is 5.50. The van der Waals surface area contributed by atoms with Crippen molar-refractivity contribution in [2.24, 2.45) is 11.5 Å². The predicted octanol–water partition coefficient (Wildman–Crippen LogP) is -1.87. The Morgan fingerprint density at radius 3 is 2.35 bits per heavy atom.